The lowest BCUT2D eigenvalue weighted by Crippen LogP contribution is -2.09. The quantitative estimate of drug-likeness (QED) is 0.726. The van der Waals surface area contributed by atoms with Crippen molar-refractivity contribution >= 4 is 56.6 Å². The summed E-state index contributed by atoms with van der Waals surface area (Å²) >= 11 is 21.2. The summed E-state index contributed by atoms with van der Waals surface area (Å²) in [7, 11) is 0. The highest BCUT2D eigenvalue weighted by atomic mass is 79.9. The van der Waals surface area contributed by atoms with Crippen molar-refractivity contribution in [2.45, 2.75) is 13.0 Å². The Morgan fingerprint density at radius 2 is 2.00 bits per heavy atom. The summed E-state index contributed by atoms with van der Waals surface area (Å²) in [5.41, 5.74) is 0.924. The van der Waals surface area contributed by atoms with Crippen LogP contribution in [0.3, 0.4) is 0 Å². The molecule has 0 aliphatic heterocycles. The maximum atomic E-state index is 6.17. The van der Waals surface area contributed by atoms with Crippen LogP contribution in [-0.2, 0) is 0 Å². The minimum Gasteiger partial charge on any atom is -0.362 e. The fourth-order valence-electron chi connectivity index (χ4n) is 1.58. The molecule has 19 heavy (non-hydrogen) atoms. The van der Waals surface area contributed by atoms with E-state index in [1.165, 1.54) is 0 Å². The Morgan fingerprint density at radius 3 is 2.68 bits per heavy atom. The summed E-state index contributed by atoms with van der Waals surface area (Å²) in [5, 5.41) is 4.60. The van der Waals surface area contributed by atoms with Crippen molar-refractivity contribution in [3.63, 3.8) is 0 Å². The van der Waals surface area contributed by atoms with Gasteiger partial charge in [0.05, 0.1) is 10.5 Å². The highest BCUT2D eigenvalue weighted by Gasteiger charge is 2.13. The molecule has 0 aliphatic rings. The molecule has 0 bridgehead atoms. The maximum Gasteiger partial charge on any atom is 0.224 e. The average molecular weight is 381 g/mol. The van der Waals surface area contributed by atoms with Gasteiger partial charge in [-0.25, -0.2) is 4.98 Å². The average Bonchev–Trinajstić information content (AvgIpc) is 2.33. The van der Waals surface area contributed by atoms with Gasteiger partial charge in [0.25, 0.3) is 0 Å². The third kappa shape index (κ3) is 3.72. The number of nitrogens with one attached hydrogen (secondary N) is 1. The summed E-state index contributed by atoms with van der Waals surface area (Å²) in [4.78, 5) is 7.99. The van der Waals surface area contributed by atoms with Crippen molar-refractivity contribution in [2.75, 3.05) is 5.32 Å². The molecule has 0 saturated carbocycles. The van der Waals surface area contributed by atoms with Crippen LogP contribution in [0.5, 0.6) is 0 Å². The van der Waals surface area contributed by atoms with Crippen molar-refractivity contribution in [2.24, 2.45) is 0 Å². The number of benzene rings is 1. The smallest absolute Gasteiger partial charge is 0.224 e. The van der Waals surface area contributed by atoms with Crippen LogP contribution in [0.1, 0.15) is 18.5 Å². The fraction of sp³-hybridized carbons (Fsp3) is 0.167. The van der Waals surface area contributed by atoms with Gasteiger partial charge in [0.15, 0.2) is 0 Å². The molecular weight excluding hydrogens is 372 g/mol. The third-order valence-corrected chi connectivity index (χ3v) is 3.82. The predicted octanol–water partition coefficient (Wildman–Crippen LogP) is 5.37. The molecule has 1 heterocycles. The Hall–Kier alpha value is -0.550. The molecule has 1 aromatic heterocycles. The van der Waals surface area contributed by atoms with E-state index >= 15 is 0 Å². The van der Waals surface area contributed by atoms with Crippen LogP contribution in [0.25, 0.3) is 0 Å². The zero-order valence-corrected chi connectivity index (χ0v) is 13.6. The van der Waals surface area contributed by atoms with Gasteiger partial charge in [0, 0.05) is 16.2 Å². The second kappa shape index (κ2) is 6.27. The van der Waals surface area contributed by atoms with Crippen molar-refractivity contribution in [3.05, 3.63) is 49.8 Å². The first-order chi connectivity index (χ1) is 8.97. The highest BCUT2D eigenvalue weighted by Crippen LogP contribution is 2.30. The maximum absolute atomic E-state index is 6.17. The molecule has 0 unspecified atom stereocenters. The zero-order valence-electron chi connectivity index (χ0n) is 9.79. The minimum absolute atomic E-state index is 0.0490. The zero-order chi connectivity index (χ0) is 14.0. The lowest BCUT2D eigenvalue weighted by Gasteiger charge is -2.17. The summed E-state index contributed by atoms with van der Waals surface area (Å²) in [5.74, 6) is 0.610. The molecule has 0 aliphatic carbocycles. The third-order valence-electron chi connectivity index (χ3n) is 2.50. The van der Waals surface area contributed by atoms with Crippen LogP contribution < -0.4 is 5.32 Å². The molecule has 100 valence electrons. The van der Waals surface area contributed by atoms with E-state index in [1.807, 2.05) is 13.0 Å². The molecule has 7 heteroatoms. The van der Waals surface area contributed by atoms with Gasteiger partial charge >= 0.3 is 0 Å². The monoisotopic (exact) mass is 379 g/mol. The molecular formula is C12H9BrCl3N3. The Morgan fingerprint density at radius 1 is 1.26 bits per heavy atom. The molecule has 1 N–H and O–H groups in total. The molecule has 3 nitrogen and oxygen atoms in total. The minimum atomic E-state index is -0.0490. The van der Waals surface area contributed by atoms with Gasteiger partial charge in [-0.3, -0.25) is 0 Å². The lowest BCUT2D eigenvalue weighted by atomic mass is 10.1. The molecule has 0 fully saturated rings. The number of anilines is 1. The van der Waals surface area contributed by atoms with E-state index in [2.05, 4.69) is 31.2 Å². The number of nitrogens with zero attached hydrogens (tertiary/aromatic N) is 2. The Bertz CT molecular complexity index is 607. The molecule has 1 atom stereocenters. The Kier molecular flexibility index (Phi) is 4.90. The number of hydrogen-bond acceptors (Lipinski definition) is 3. The van der Waals surface area contributed by atoms with Crippen LogP contribution in [0.2, 0.25) is 15.3 Å². The SMILES string of the molecule is C[C@@H](Nc1nc(Cl)ncc1Br)c1ccc(Cl)cc1Cl. The van der Waals surface area contributed by atoms with E-state index in [0.717, 1.165) is 10.0 Å². The summed E-state index contributed by atoms with van der Waals surface area (Å²) in [6.07, 6.45) is 1.59. The van der Waals surface area contributed by atoms with Gasteiger partial charge in [0.1, 0.15) is 5.82 Å². The highest BCUT2D eigenvalue weighted by molar-refractivity contribution is 9.10. The molecule has 2 rings (SSSR count). The van der Waals surface area contributed by atoms with E-state index < -0.39 is 0 Å². The van der Waals surface area contributed by atoms with E-state index in [-0.39, 0.29) is 11.3 Å². The molecule has 0 saturated heterocycles. The number of rotatable bonds is 3. The van der Waals surface area contributed by atoms with Crippen LogP contribution in [-0.4, -0.2) is 9.97 Å². The molecule has 0 radical (unpaired) electrons. The van der Waals surface area contributed by atoms with Crippen LogP contribution in [0.15, 0.2) is 28.9 Å². The number of hydrogen-bond donors (Lipinski definition) is 1. The largest absolute Gasteiger partial charge is 0.362 e. The number of aromatic nitrogens is 2. The summed E-state index contributed by atoms with van der Waals surface area (Å²) < 4.78 is 0.730. The van der Waals surface area contributed by atoms with E-state index in [1.54, 1.807) is 18.3 Å². The number of halogens is 4. The first-order valence-electron chi connectivity index (χ1n) is 5.37. The van der Waals surface area contributed by atoms with Crippen molar-refractivity contribution in [3.8, 4) is 0 Å². The van der Waals surface area contributed by atoms with Crippen molar-refractivity contribution < 1.29 is 0 Å². The van der Waals surface area contributed by atoms with Crippen LogP contribution in [0, 0.1) is 0 Å². The second-order valence-corrected chi connectivity index (χ2v) is 5.90. The Labute approximate surface area is 134 Å². The normalized spacial score (nSPS) is 12.3. The topological polar surface area (TPSA) is 37.8 Å². The predicted molar refractivity (Wildman–Crippen MR) is 83.2 cm³/mol. The van der Waals surface area contributed by atoms with Gasteiger partial charge < -0.3 is 5.32 Å². The standard InChI is InChI=1S/C12H9BrCl3N3/c1-6(8-3-2-7(14)4-10(8)15)18-11-9(13)5-17-12(16)19-11/h2-6H,1H3,(H,17,18,19)/t6-/m1/s1. The van der Waals surface area contributed by atoms with Crippen molar-refractivity contribution in [1.82, 2.24) is 9.97 Å². The fourth-order valence-corrected chi connectivity index (χ4v) is 2.59. The van der Waals surface area contributed by atoms with Gasteiger partial charge in [-0.2, -0.15) is 4.98 Å². The van der Waals surface area contributed by atoms with Crippen molar-refractivity contribution in [1.29, 1.82) is 0 Å². The van der Waals surface area contributed by atoms with E-state index in [9.17, 15) is 0 Å². The van der Waals surface area contributed by atoms with E-state index in [0.29, 0.717) is 15.9 Å². The first kappa shape index (κ1) is 14.9. The van der Waals surface area contributed by atoms with Gasteiger partial charge in [-0.15, -0.1) is 0 Å². The molecule has 0 amide bonds. The van der Waals surface area contributed by atoms with Gasteiger partial charge in [-0.05, 0) is 52.2 Å². The first-order valence-corrected chi connectivity index (χ1v) is 7.29. The molecule has 2 aromatic rings. The van der Waals surface area contributed by atoms with E-state index in [4.69, 9.17) is 34.8 Å². The summed E-state index contributed by atoms with van der Waals surface area (Å²) in [6.45, 7) is 1.97. The van der Waals surface area contributed by atoms with Gasteiger partial charge in [-0.1, -0.05) is 29.3 Å². The summed E-state index contributed by atoms with van der Waals surface area (Å²) in [6, 6.07) is 5.33. The Balaban J connectivity index is 2.25. The second-order valence-electron chi connectivity index (χ2n) is 3.87. The van der Waals surface area contributed by atoms with Crippen LogP contribution >= 0.6 is 50.7 Å². The molecule has 1 aromatic carbocycles. The van der Waals surface area contributed by atoms with Gasteiger partial charge in [0.2, 0.25) is 5.28 Å². The van der Waals surface area contributed by atoms with Crippen LogP contribution in [0.4, 0.5) is 5.82 Å². The lowest BCUT2D eigenvalue weighted by molar-refractivity contribution is 0.870. The molecule has 0 spiro atoms.